The number of rotatable bonds is 16. The van der Waals surface area contributed by atoms with Crippen molar-refractivity contribution in [2.24, 2.45) is 0 Å². The van der Waals surface area contributed by atoms with Crippen LogP contribution in [-0.2, 0) is 28.8 Å². The molecule has 15 heteroatoms. The number of hydrogen-bond donors (Lipinski definition) is 0. The van der Waals surface area contributed by atoms with E-state index in [0.29, 0.717) is 0 Å². The molecule has 0 spiro atoms. The molecule has 0 amide bonds. The van der Waals surface area contributed by atoms with Crippen LogP contribution < -0.4 is 10.4 Å². The first-order valence-electron chi connectivity index (χ1n) is 15.2. The van der Waals surface area contributed by atoms with Crippen molar-refractivity contribution in [2.75, 3.05) is 0 Å². The summed E-state index contributed by atoms with van der Waals surface area (Å²) >= 11 is 0. The molecular formula is C28H58O7Si8. The number of hydrogen-bond acceptors (Lipinski definition) is 7. The Balaban J connectivity index is 2.77. The summed E-state index contributed by atoms with van der Waals surface area (Å²) in [7, 11) is -21.0. The van der Waals surface area contributed by atoms with Crippen LogP contribution in [0.3, 0.4) is 0 Å². The van der Waals surface area contributed by atoms with Crippen LogP contribution in [0.1, 0.15) is 0 Å². The summed E-state index contributed by atoms with van der Waals surface area (Å²) in [5.41, 5.74) is 0. The molecule has 0 aromatic heterocycles. The fourth-order valence-electron chi connectivity index (χ4n) is 5.52. The molecule has 0 saturated heterocycles. The fraction of sp³-hybridized carbons (Fsp3) is 0.571. The second-order valence-electron chi connectivity index (χ2n) is 15.5. The van der Waals surface area contributed by atoms with Crippen LogP contribution in [0.2, 0.25) is 105 Å². The molecule has 0 aliphatic carbocycles. The van der Waals surface area contributed by atoms with Crippen LogP contribution in [-0.4, -0.2) is 68.0 Å². The fourth-order valence-corrected chi connectivity index (χ4v) is 42.0. The van der Waals surface area contributed by atoms with E-state index in [0.717, 1.165) is 10.4 Å². The lowest BCUT2D eigenvalue weighted by atomic mass is 10.4. The highest BCUT2D eigenvalue weighted by Gasteiger charge is 2.58. The highest BCUT2D eigenvalue weighted by molar-refractivity contribution is 7.02. The molecule has 0 N–H and O–H groups in total. The Hall–Kier alpha value is -0.105. The van der Waals surface area contributed by atoms with Gasteiger partial charge in [-0.2, -0.15) is 0 Å². The molecule has 2 rings (SSSR count). The standard InChI is InChI=1S/C28H58O7Si8/c1-36(2,3)29-39(10,11)32-41(14,15)34-42(16,33-40(12,13)30-37(4,5)6)35-43(31-38(7,8)9,27-23-19-17-20-24-27)28-25-21-18-22-26-28/h17-26H,1-16H3. The van der Waals surface area contributed by atoms with Crippen LogP contribution in [0.4, 0.5) is 0 Å². The lowest BCUT2D eigenvalue weighted by molar-refractivity contribution is 0.199. The first-order valence-corrected chi connectivity index (χ1v) is 37.9. The highest BCUT2D eigenvalue weighted by Crippen LogP contribution is 2.31. The van der Waals surface area contributed by atoms with Crippen molar-refractivity contribution >= 4 is 78.4 Å². The van der Waals surface area contributed by atoms with Crippen LogP contribution in [0, 0.1) is 0 Å². The minimum Gasteiger partial charge on any atom is -0.437 e. The zero-order chi connectivity index (χ0) is 33.2. The summed E-state index contributed by atoms with van der Waals surface area (Å²) in [6.45, 7) is 34.4. The molecule has 43 heavy (non-hydrogen) atoms. The first kappa shape index (κ1) is 39.1. The average Bonchev–Trinajstić information content (AvgIpc) is 2.73. The molecule has 0 radical (unpaired) electrons. The van der Waals surface area contributed by atoms with Crippen molar-refractivity contribution in [1.82, 2.24) is 0 Å². The molecule has 7 nitrogen and oxygen atoms in total. The van der Waals surface area contributed by atoms with Gasteiger partial charge in [-0.1, -0.05) is 60.7 Å². The van der Waals surface area contributed by atoms with Gasteiger partial charge >= 0.3 is 43.0 Å². The summed E-state index contributed by atoms with van der Waals surface area (Å²) in [6, 6.07) is 20.7. The molecule has 0 fully saturated rings. The molecule has 0 aliphatic heterocycles. The molecule has 0 heterocycles. The smallest absolute Gasteiger partial charge is 0.437 e. The van der Waals surface area contributed by atoms with Crippen LogP contribution in [0.5, 0.6) is 0 Å². The van der Waals surface area contributed by atoms with E-state index in [-0.39, 0.29) is 0 Å². The Kier molecular flexibility index (Phi) is 12.7. The molecule has 0 aliphatic rings. The summed E-state index contributed by atoms with van der Waals surface area (Å²) in [5, 5.41) is 2.05. The van der Waals surface area contributed by atoms with Crippen molar-refractivity contribution in [3.8, 4) is 0 Å². The summed E-state index contributed by atoms with van der Waals surface area (Å²) in [4.78, 5) is 0. The Morgan fingerprint density at radius 2 is 0.628 bits per heavy atom. The van der Waals surface area contributed by atoms with Gasteiger partial charge in [-0.15, -0.1) is 0 Å². The minimum atomic E-state index is -3.55. The second-order valence-corrected chi connectivity index (χ2v) is 46.4. The van der Waals surface area contributed by atoms with E-state index in [1.165, 1.54) is 0 Å². The lowest BCUT2D eigenvalue weighted by Crippen LogP contribution is -2.73. The van der Waals surface area contributed by atoms with Crippen molar-refractivity contribution in [3.05, 3.63) is 60.7 Å². The van der Waals surface area contributed by atoms with Crippen LogP contribution in [0.15, 0.2) is 60.7 Å². The third-order valence-electron chi connectivity index (χ3n) is 5.54. The molecule has 0 saturated carbocycles. The van der Waals surface area contributed by atoms with Gasteiger partial charge in [0.15, 0.2) is 25.0 Å². The maximum absolute atomic E-state index is 7.53. The summed E-state index contributed by atoms with van der Waals surface area (Å²) in [6.07, 6.45) is 0. The molecule has 2 aromatic rings. The third-order valence-corrected chi connectivity index (χ3v) is 33.6. The van der Waals surface area contributed by atoms with Gasteiger partial charge < -0.3 is 28.8 Å². The van der Waals surface area contributed by atoms with E-state index < -0.39 is 68.0 Å². The molecule has 0 bridgehead atoms. The average molecular weight is 731 g/mol. The molecule has 1 unspecified atom stereocenters. The number of benzene rings is 2. The predicted octanol–water partition coefficient (Wildman–Crippen LogP) is 7.54. The van der Waals surface area contributed by atoms with Gasteiger partial charge in [0, 0.05) is 6.55 Å². The van der Waals surface area contributed by atoms with E-state index in [9.17, 15) is 0 Å². The Morgan fingerprint density at radius 1 is 0.326 bits per heavy atom. The van der Waals surface area contributed by atoms with Crippen molar-refractivity contribution in [3.63, 3.8) is 0 Å². The van der Waals surface area contributed by atoms with E-state index >= 15 is 0 Å². The Bertz CT molecular complexity index is 1120. The van der Waals surface area contributed by atoms with E-state index in [4.69, 9.17) is 28.8 Å². The summed E-state index contributed by atoms with van der Waals surface area (Å²) < 4.78 is 49.2. The van der Waals surface area contributed by atoms with Crippen LogP contribution >= 0.6 is 0 Å². The largest absolute Gasteiger partial charge is 0.471 e. The predicted molar refractivity (Wildman–Crippen MR) is 200 cm³/mol. The van der Waals surface area contributed by atoms with Gasteiger partial charge in [0.1, 0.15) is 0 Å². The molecule has 244 valence electrons. The van der Waals surface area contributed by atoms with Gasteiger partial charge in [-0.25, -0.2) is 0 Å². The van der Waals surface area contributed by atoms with Gasteiger partial charge in [0.2, 0.25) is 0 Å². The van der Waals surface area contributed by atoms with Crippen molar-refractivity contribution in [1.29, 1.82) is 0 Å². The van der Waals surface area contributed by atoms with Gasteiger partial charge in [-0.05, 0) is 109 Å². The van der Waals surface area contributed by atoms with E-state index in [1.54, 1.807) is 0 Å². The van der Waals surface area contributed by atoms with Gasteiger partial charge in [-0.3, -0.25) is 0 Å². The Morgan fingerprint density at radius 3 is 0.953 bits per heavy atom. The minimum absolute atomic E-state index is 1.03. The first-order chi connectivity index (χ1) is 19.2. The zero-order valence-electron chi connectivity index (χ0n) is 29.6. The molecular weight excluding hydrogens is 673 g/mol. The van der Waals surface area contributed by atoms with E-state index in [2.05, 4.69) is 122 Å². The van der Waals surface area contributed by atoms with Crippen LogP contribution in [0.25, 0.3) is 0 Å². The maximum Gasteiger partial charge on any atom is 0.471 e. The van der Waals surface area contributed by atoms with Crippen molar-refractivity contribution in [2.45, 2.75) is 105 Å². The normalized spacial score (nSPS) is 15.8. The molecule has 1 atom stereocenters. The topological polar surface area (TPSA) is 64.6 Å². The monoisotopic (exact) mass is 730 g/mol. The highest BCUT2D eigenvalue weighted by atomic mass is 28.5. The maximum atomic E-state index is 7.53. The summed E-state index contributed by atoms with van der Waals surface area (Å²) in [5.74, 6) is 0. The second kappa shape index (κ2) is 13.9. The zero-order valence-corrected chi connectivity index (χ0v) is 37.6. The van der Waals surface area contributed by atoms with Gasteiger partial charge in [0.25, 0.3) is 0 Å². The van der Waals surface area contributed by atoms with Gasteiger partial charge in [0.05, 0.1) is 0 Å². The SMILES string of the molecule is C[Si](C)(C)O[Si](C)(C)O[Si](C)(C)O[Si](C)(O[Si](C)(C)O[Si](C)(C)C)O[Si](O[Si](C)(C)C)(c1ccccc1)c1ccccc1. The lowest BCUT2D eigenvalue weighted by Gasteiger charge is -2.47. The Labute approximate surface area is 271 Å². The van der Waals surface area contributed by atoms with E-state index in [1.807, 2.05) is 42.9 Å². The quantitative estimate of drug-likeness (QED) is 0.166. The molecule has 2 aromatic carbocycles. The van der Waals surface area contributed by atoms with Crippen molar-refractivity contribution < 1.29 is 28.8 Å². The third kappa shape index (κ3) is 13.6.